The number of benzene rings is 2. The predicted molar refractivity (Wildman–Crippen MR) is 75.1 cm³/mol. The molecule has 1 nitrogen and oxygen atoms in total. The molecule has 2 aromatic rings. The van der Waals surface area contributed by atoms with Gasteiger partial charge in [0.2, 0.25) is 0 Å². The molecule has 2 aromatic carbocycles. The lowest BCUT2D eigenvalue weighted by Gasteiger charge is -2.06. The van der Waals surface area contributed by atoms with Crippen molar-refractivity contribution in [1.82, 2.24) is 0 Å². The van der Waals surface area contributed by atoms with Crippen LogP contribution >= 0.6 is 0 Å². The van der Waals surface area contributed by atoms with Crippen LogP contribution in [0.1, 0.15) is 17.5 Å². The SMILES string of the molecule is N#Cc1c(F)cc(-c2ccc(CCC=C(F)F)cc2)cc1F. The second-order valence-corrected chi connectivity index (χ2v) is 4.66. The number of nitriles is 1. The van der Waals surface area contributed by atoms with Crippen molar-refractivity contribution in [2.24, 2.45) is 0 Å². The van der Waals surface area contributed by atoms with E-state index < -0.39 is 23.3 Å². The molecule has 0 radical (unpaired) electrons. The molecule has 0 saturated carbocycles. The zero-order valence-electron chi connectivity index (χ0n) is 11.4. The summed E-state index contributed by atoms with van der Waals surface area (Å²) in [6.45, 7) is 0. The van der Waals surface area contributed by atoms with Crippen LogP contribution in [0.2, 0.25) is 0 Å². The maximum atomic E-state index is 13.6. The molecule has 0 atom stereocenters. The lowest BCUT2D eigenvalue weighted by Crippen LogP contribution is -1.92. The van der Waals surface area contributed by atoms with Gasteiger partial charge in [0.25, 0.3) is 6.08 Å². The van der Waals surface area contributed by atoms with Crippen molar-refractivity contribution < 1.29 is 17.6 Å². The second-order valence-electron chi connectivity index (χ2n) is 4.66. The van der Waals surface area contributed by atoms with E-state index in [9.17, 15) is 17.6 Å². The maximum absolute atomic E-state index is 13.6. The second kappa shape index (κ2) is 6.90. The fourth-order valence-corrected chi connectivity index (χ4v) is 2.06. The van der Waals surface area contributed by atoms with Crippen molar-refractivity contribution in [1.29, 1.82) is 5.26 Å². The number of hydrogen-bond acceptors (Lipinski definition) is 1. The molecule has 0 aliphatic rings. The smallest absolute Gasteiger partial charge is 0.205 e. The van der Waals surface area contributed by atoms with Gasteiger partial charge in [-0.1, -0.05) is 24.3 Å². The molecule has 0 saturated heterocycles. The van der Waals surface area contributed by atoms with Crippen LogP contribution in [0, 0.1) is 23.0 Å². The summed E-state index contributed by atoms with van der Waals surface area (Å²) in [5.41, 5.74) is 1.13. The summed E-state index contributed by atoms with van der Waals surface area (Å²) in [5.74, 6) is -1.82. The highest BCUT2D eigenvalue weighted by molar-refractivity contribution is 5.65. The minimum atomic E-state index is -1.71. The minimum absolute atomic E-state index is 0.224. The average molecular weight is 305 g/mol. The number of nitrogens with zero attached hydrogens (tertiary/aromatic N) is 1. The van der Waals surface area contributed by atoms with E-state index in [1.165, 1.54) is 6.07 Å². The van der Waals surface area contributed by atoms with Gasteiger partial charge >= 0.3 is 0 Å². The van der Waals surface area contributed by atoms with Gasteiger partial charge in [-0.15, -0.1) is 0 Å². The van der Waals surface area contributed by atoms with Crippen molar-refractivity contribution >= 4 is 0 Å². The van der Waals surface area contributed by atoms with Gasteiger partial charge < -0.3 is 0 Å². The van der Waals surface area contributed by atoms with E-state index in [2.05, 4.69) is 0 Å². The topological polar surface area (TPSA) is 23.8 Å². The highest BCUT2D eigenvalue weighted by Gasteiger charge is 2.11. The minimum Gasteiger partial charge on any atom is -0.205 e. The highest BCUT2D eigenvalue weighted by Crippen LogP contribution is 2.24. The summed E-state index contributed by atoms with van der Waals surface area (Å²) >= 11 is 0. The summed E-state index contributed by atoms with van der Waals surface area (Å²) < 4.78 is 51.0. The summed E-state index contributed by atoms with van der Waals surface area (Å²) in [6.07, 6.45) is -0.186. The first-order valence-corrected chi connectivity index (χ1v) is 6.51. The zero-order chi connectivity index (χ0) is 16.1. The van der Waals surface area contributed by atoms with Crippen molar-refractivity contribution in [3.63, 3.8) is 0 Å². The van der Waals surface area contributed by atoms with Crippen LogP contribution < -0.4 is 0 Å². The quantitative estimate of drug-likeness (QED) is 0.711. The van der Waals surface area contributed by atoms with Gasteiger partial charge in [0.05, 0.1) is 0 Å². The molecular formula is C17H11F4N. The monoisotopic (exact) mass is 305 g/mol. The first kappa shape index (κ1) is 15.8. The predicted octanol–water partition coefficient (Wildman–Crippen LogP) is 5.22. The van der Waals surface area contributed by atoms with Gasteiger partial charge in [0.1, 0.15) is 23.3 Å². The molecule has 2 rings (SSSR count). The van der Waals surface area contributed by atoms with Crippen LogP contribution in [0.3, 0.4) is 0 Å². The molecule has 5 heteroatoms. The van der Waals surface area contributed by atoms with Crippen molar-refractivity contribution in [3.05, 3.63) is 71.3 Å². The van der Waals surface area contributed by atoms with E-state index in [0.717, 1.165) is 23.8 Å². The molecule has 112 valence electrons. The fourth-order valence-electron chi connectivity index (χ4n) is 2.06. The van der Waals surface area contributed by atoms with Crippen molar-refractivity contribution in [2.75, 3.05) is 0 Å². The Morgan fingerprint density at radius 1 is 1.00 bits per heavy atom. The zero-order valence-corrected chi connectivity index (χ0v) is 11.4. The van der Waals surface area contributed by atoms with Gasteiger partial charge in [-0.25, -0.2) is 8.78 Å². The third-order valence-corrected chi connectivity index (χ3v) is 3.17. The summed E-state index contributed by atoms with van der Waals surface area (Å²) in [5, 5.41) is 8.63. The number of allylic oxidation sites excluding steroid dienone is 1. The van der Waals surface area contributed by atoms with E-state index in [-0.39, 0.29) is 6.42 Å². The van der Waals surface area contributed by atoms with E-state index in [4.69, 9.17) is 5.26 Å². The Bertz CT molecular complexity index is 715. The number of halogens is 4. The number of hydrogen-bond donors (Lipinski definition) is 0. The van der Waals surface area contributed by atoms with Gasteiger partial charge in [-0.05, 0) is 47.7 Å². The Balaban J connectivity index is 2.21. The highest BCUT2D eigenvalue weighted by atomic mass is 19.3. The van der Waals surface area contributed by atoms with Crippen LogP contribution in [0.5, 0.6) is 0 Å². The van der Waals surface area contributed by atoms with E-state index in [0.29, 0.717) is 17.5 Å². The molecule has 0 unspecified atom stereocenters. The molecule has 22 heavy (non-hydrogen) atoms. The molecule has 0 heterocycles. The van der Waals surface area contributed by atoms with Crippen LogP contribution in [0.4, 0.5) is 17.6 Å². The van der Waals surface area contributed by atoms with Crippen LogP contribution in [-0.2, 0) is 6.42 Å². The summed E-state index contributed by atoms with van der Waals surface area (Å²) in [7, 11) is 0. The van der Waals surface area contributed by atoms with Gasteiger partial charge in [-0.3, -0.25) is 0 Å². The lowest BCUT2D eigenvalue weighted by atomic mass is 10.0. The van der Waals surface area contributed by atoms with E-state index >= 15 is 0 Å². The molecule has 0 aliphatic heterocycles. The first-order valence-electron chi connectivity index (χ1n) is 6.51. The normalized spacial score (nSPS) is 10.1. The van der Waals surface area contributed by atoms with Gasteiger partial charge in [0, 0.05) is 0 Å². The molecule has 0 aromatic heterocycles. The van der Waals surface area contributed by atoms with E-state index in [1.807, 2.05) is 0 Å². The molecular weight excluding hydrogens is 294 g/mol. The van der Waals surface area contributed by atoms with Crippen molar-refractivity contribution in [3.8, 4) is 17.2 Å². The fraction of sp³-hybridized carbons (Fsp3) is 0.118. The Hall–Kier alpha value is -2.61. The maximum Gasteiger partial charge on any atom is 0.266 e. The average Bonchev–Trinajstić information content (AvgIpc) is 2.47. The Morgan fingerprint density at radius 3 is 2.09 bits per heavy atom. The molecule has 0 amide bonds. The summed E-state index contributed by atoms with van der Waals surface area (Å²) in [6, 6.07) is 10.4. The Labute approximate surface area is 125 Å². The Morgan fingerprint density at radius 2 is 1.59 bits per heavy atom. The van der Waals surface area contributed by atoms with Crippen LogP contribution in [0.25, 0.3) is 11.1 Å². The summed E-state index contributed by atoms with van der Waals surface area (Å²) in [4.78, 5) is 0. The van der Waals surface area contributed by atoms with Crippen LogP contribution in [-0.4, -0.2) is 0 Å². The number of rotatable bonds is 4. The third kappa shape index (κ3) is 3.73. The first-order chi connectivity index (χ1) is 10.5. The van der Waals surface area contributed by atoms with Gasteiger partial charge in [0.15, 0.2) is 0 Å². The van der Waals surface area contributed by atoms with Gasteiger partial charge in [-0.2, -0.15) is 14.0 Å². The molecule has 0 spiro atoms. The van der Waals surface area contributed by atoms with E-state index in [1.54, 1.807) is 24.3 Å². The Kier molecular flexibility index (Phi) is 4.95. The standard InChI is InChI=1S/C17H11F4N/c18-15-8-13(9-16(19)14(15)10-22)12-6-4-11(5-7-12)2-1-3-17(20)21/h3-9H,1-2H2. The molecule has 0 fully saturated rings. The third-order valence-electron chi connectivity index (χ3n) is 3.17. The lowest BCUT2D eigenvalue weighted by molar-refractivity contribution is 0.417. The molecule has 0 aliphatic carbocycles. The largest absolute Gasteiger partial charge is 0.266 e. The molecule has 0 bridgehead atoms. The van der Waals surface area contributed by atoms with Crippen LogP contribution in [0.15, 0.2) is 48.6 Å². The number of aryl methyl sites for hydroxylation is 1. The molecule has 0 N–H and O–H groups in total. The van der Waals surface area contributed by atoms with Crippen molar-refractivity contribution in [2.45, 2.75) is 12.8 Å².